The molecule has 0 unspecified atom stereocenters. The number of nitrogens with zero attached hydrogens (tertiary/aromatic N) is 1. The Hall–Kier alpha value is -1.88. The van der Waals surface area contributed by atoms with Crippen LogP contribution in [0.15, 0.2) is 30.0 Å². The van der Waals surface area contributed by atoms with Crippen molar-refractivity contribution in [2.24, 2.45) is 0 Å². The Kier molecular flexibility index (Phi) is 3.10. The number of rotatable bonds is 2. The number of amides is 1. The minimum absolute atomic E-state index is 0.127. The monoisotopic (exact) mass is 248 g/mol. The van der Waals surface area contributed by atoms with E-state index in [2.05, 4.69) is 5.32 Å². The van der Waals surface area contributed by atoms with Gasteiger partial charge in [0.15, 0.2) is 5.11 Å². The summed E-state index contributed by atoms with van der Waals surface area (Å²) in [5, 5.41) is 3.29. The van der Waals surface area contributed by atoms with Crippen LogP contribution in [0.4, 0.5) is 0 Å². The van der Waals surface area contributed by atoms with Crippen LogP contribution in [0.1, 0.15) is 5.56 Å². The van der Waals surface area contributed by atoms with Crippen molar-refractivity contribution in [2.45, 2.75) is 0 Å². The van der Waals surface area contributed by atoms with E-state index in [0.717, 1.165) is 11.3 Å². The van der Waals surface area contributed by atoms with Crippen LogP contribution in [-0.4, -0.2) is 30.1 Å². The zero-order chi connectivity index (χ0) is 12.4. The second kappa shape index (κ2) is 4.55. The molecule has 1 amide bonds. The molecule has 0 bridgehead atoms. The summed E-state index contributed by atoms with van der Waals surface area (Å²) in [5.74, 6) is 0.624. The van der Waals surface area contributed by atoms with Crippen molar-refractivity contribution in [3.05, 3.63) is 35.5 Å². The largest absolute Gasteiger partial charge is 0.497 e. The van der Waals surface area contributed by atoms with Crippen molar-refractivity contribution < 1.29 is 9.53 Å². The molecule has 1 aromatic carbocycles. The van der Waals surface area contributed by atoms with Crippen LogP contribution in [0.3, 0.4) is 0 Å². The number of thiocarbonyl (C=S) groups is 1. The van der Waals surface area contributed by atoms with Gasteiger partial charge in [-0.3, -0.25) is 9.69 Å². The Balaban J connectivity index is 2.30. The highest BCUT2D eigenvalue weighted by atomic mass is 32.1. The van der Waals surface area contributed by atoms with E-state index in [1.165, 1.54) is 4.90 Å². The predicted octanol–water partition coefficient (Wildman–Crippen LogP) is 1.38. The molecule has 1 heterocycles. The fourth-order valence-corrected chi connectivity index (χ4v) is 1.71. The van der Waals surface area contributed by atoms with Gasteiger partial charge in [-0.15, -0.1) is 0 Å². The molecule has 1 fully saturated rings. The topological polar surface area (TPSA) is 41.6 Å². The number of hydrogen-bond donors (Lipinski definition) is 1. The third-order valence-corrected chi connectivity index (χ3v) is 2.86. The van der Waals surface area contributed by atoms with Crippen LogP contribution >= 0.6 is 12.2 Å². The zero-order valence-corrected chi connectivity index (χ0v) is 10.4. The fraction of sp³-hybridized carbons (Fsp3) is 0.167. The van der Waals surface area contributed by atoms with Gasteiger partial charge in [-0.2, -0.15) is 0 Å². The summed E-state index contributed by atoms with van der Waals surface area (Å²) in [6, 6.07) is 7.46. The van der Waals surface area contributed by atoms with E-state index in [4.69, 9.17) is 17.0 Å². The van der Waals surface area contributed by atoms with E-state index >= 15 is 0 Å². The number of ether oxygens (including phenoxy) is 1. The lowest BCUT2D eigenvalue weighted by molar-refractivity contribution is -0.121. The molecule has 1 N–H and O–H groups in total. The molecule has 1 aliphatic rings. The van der Waals surface area contributed by atoms with Crippen LogP contribution in [0.5, 0.6) is 5.75 Å². The van der Waals surface area contributed by atoms with E-state index in [-0.39, 0.29) is 5.91 Å². The van der Waals surface area contributed by atoms with Gasteiger partial charge in [-0.25, -0.2) is 0 Å². The van der Waals surface area contributed by atoms with Gasteiger partial charge in [0.25, 0.3) is 5.91 Å². The maximum Gasteiger partial charge on any atom is 0.276 e. The summed E-state index contributed by atoms with van der Waals surface area (Å²) in [6.45, 7) is 0. The minimum atomic E-state index is -0.127. The van der Waals surface area contributed by atoms with Gasteiger partial charge in [-0.05, 0) is 36.0 Å². The number of likely N-dealkylation sites (N-methyl/N-ethyl adjacent to an activating group) is 1. The lowest BCUT2D eigenvalue weighted by atomic mass is 10.2. The average Bonchev–Trinajstić information content (AvgIpc) is 2.57. The van der Waals surface area contributed by atoms with E-state index in [9.17, 15) is 4.79 Å². The standard InChI is InChI=1S/C12H12N2O2S/c1-14-11(15)10(13-12(14)17)7-8-4-3-5-9(6-8)16-2/h3-7H,1-2H3,(H,13,17)/b10-7+. The third kappa shape index (κ3) is 2.29. The lowest BCUT2D eigenvalue weighted by Crippen LogP contribution is -2.25. The molecule has 1 aliphatic heterocycles. The first kappa shape index (κ1) is 11.6. The smallest absolute Gasteiger partial charge is 0.276 e. The van der Waals surface area contributed by atoms with Crippen LogP contribution < -0.4 is 10.1 Å². The molecule has 2 rings (SSSR count). The summed E-state index contributed by atoms with van der Waals surface area (Å²) in [6.07, 6.45) is 1.75. The highest BCUT2D eigenvalue weighted by molar-refractivity contribution is 7.80. The van der Waals surface area contributed by atoms with E-state index in [1.807, 2.05) is 24.3 Å². The van der Waals surface area contributed by atoms with Gasteiger partial charge in [0, 0.05) is 7.05 Å². The quantitative estimate of drug-likeness (QED) is 0.634. The molecule has 4 nitrogen and oxygen atoms in total. The molecule has 0 saturated carbocycles. The average molecular weight is 248 g/mol. The molecule has 5 heteroatoms. The molecule has 1 saturated heterocycles. The SMILES string of the molecule is COc1cccc(/C=C2/NC(=S)N(C)C2=O)c1. The van der Waals surface area contributed by atoms with Crippen molar-refractivity contribution in [1.82, 2.24) is 10.2 Å². The zero-order valence-electron chi connectivity index (χ0n) is 9.56. The normalized spacial score (nSPS) is 17.5. The second-order valence-corrected chi connectivity index (χ2v) is 4.02. The van der Waals surface area contributed by atoms with Crippen molar-refractivity contribution in [2.75, 3.05) is 14.2 Å². The number of nitrogens with one attached hydrogen (secondary N) is 1. The maximum atomic E-state index is 11.8. The Bertz CT molecular complexity index is 511. The number of carbonyl (C=O) groups excluding carboxylic acids is 1. The first-order chi connectivity index (χ1) is 8.11. The number of carbonyl (C=O) groups is 1. The van der Waals surface area contributed by atoms with E-state index < -0.39 is 0 Å². The fourth-order valence-electron chi connectivity index (χ4n) is 1.52. The summed E-state index contributed by atoms with van der Waals surface area (Å²) in [7, 11) is 3.25. The number of hydrogen-bond acceptors (Lipinski definition) is 3. The number of methoxy groups -OCH3 is 1. The van der Waals surface area contributed by atoms with Gasteiger partial charge >= 0.3 is 0 Å². The lowest BCUT2D eigenvalue weighted by Gasteiger charge is -2.02. The Morgan fingerprint density at radius 1 is 1.47 bits per heavy atom. The van der Waals surface area contributed by atoms with Crippen molar-refractivity contribution in [1.29, 1.82) is 0 Å². The molecule has 17 heavy (non-hydrogen) atoms. The van der Waals surface area contributed by atoms with Gasteiger partial charge in [0.05, 0.1) is 7.11 Å². The van der Waals surface area contributed by atoms with Gasteiger partial charge in [0.1, 0.15) is 11.4 Å². The Labute approximate surface area is 105 Å². The second-order valence-electron chi connectivity index (χ2n) is 3.63. The van der Waals surface area contributed by atoms with Crippen molar-refractivity contribution in [3.63, 3.8) is 0 Å². The van der Waals surface area contributed by atoms with Gasteiger partial charge in [0.2, 0.25) is 0 Å². The van der Waals surface area contributed by atoms with Crippen molar-refractivity contribution >= 4 is 29.3 Å². The Morgan fingerprint density at radius 2 is 2.24 bits per heavy atom. The summed E-state index contributed by atoms with van der Waals surface area (Å²) in [5.41, 5.74) is 1.36. The predicted molar refractivity (Wildman–Crippen MR) is 69.5 cm³/mol. The molecular weight excluding hydrogens is 236 g/mol. The molecule has 0 radical (unpaired) electrons. The van der Waals surface area contributed by atoms with Crippen LogP contribution in [0.25, 0.3) is 6.08 Å². The summed E-state index contributed by atoms with van der Waals surface area (Å²) < 4.78 is 5.12. The minimum Gasteiger partial charge on any atom is -0.497 e. The van der Waals surface area contributed by atoms with Crippen LogP contribution in [-0.2, 0) is 4.79 Å². The van der Waals surface area contributed by atoms with E-state index in [0.29, 0.717) is 10.8 Å². The molecule has 0 aliphatic carbocycles. The van der Waals surface area contributed by atoms with Gasteiger partial charge < -0.3 is 10.1 Å². The first-order valence-corrected chi connectivity index (χ1v) is 5.47. The summed E-state index contributed by atoms with van der Waals surface area (Å²) >= 11 is 4.99. The molecule has 88 valence electrons. The van der Waals surface area contributed by atoms with Crippen LogP contribution in [0.2, 0.25) is 0 Å². The molecule has 0 aromatic heterocycles. The first-order valence-electron chi connectivity index (χ1n) is 5.06. The van der Waals surface area contributed by atoms with Crippen LogP contribution in [0, 0.1) is 0 Å². The van der Waals surface area contributed by atoms with E-state index in [1.54, 1.807) is 20.2 Å². The molecule has 0 spiro atoms. The Morgan fingerprint density at radius 3 is 2.82 bits per heavy atom. The third-order valence-electron chi connectivity index (χ3n) is 2.49. The summed E-state index contributed by atoms with van der Waals surface area (Å²) in [4.78, 5) is 13.2. The number of benzene rings is 1. The van der Waals surface area contributed by atoms with Crippen molar-refractivity contribution in [3.8, 4) is 5.75 Å². The highest BCUT2D eigenvalue weighted by Gasteiger charge is 2.26. The highest BCUT2D eigenvalue weighted by Crippen LogP contribution is 2.17. The molecule has 0 atom stereocenters. The maximum absolute atomic E-state index is 11.8. The van der Waals surface area contributed by atoms with Gasteiger partial charge in [-0.1, -0.05) is 12.1 Å². The molecular formula is C12H12N2O2S. The molecule has 1 aromatic rings.